The lowest BCUT2D eigenvalue weighted by molar-refractivity contribution is -0.188. The van der Waals surface area contributed by atoms with Gasteiger partial charge in [-0.05, 0) is 18.9 Å². The van der Waals surface area contributed by atoms with Gasteiger partial charge in [0, 0.05) is 62.8 Å². The van der Waals surface area contributed by atoms with Crippen LogP contribution in [0.1, 0.15) is 17.7 Å². The molecular formula is C21H25F3N6O2S. The van der Waals surface area contributed by atoms with Gasteiger partial charge in [0.15, 0.2) is 5.82 Å². The monoisotopic (exact) mass is 482 g/mol. The Balaban J connectivity index is 1.25. The molecular weight excluding hydrogens is 457 g/mol. The van der Waals surface area contributed by atoms with Crippen molar-refractivity contribution in [3.8, 4) is 0 Å². The number of fused-ring (bicyclic) bond motifs is 3. The number of nitrogens with zero attached hydrogens (tertiary/aromatic N) is 6. The summed E-state index contributed by atoms with van der Waals surface area (Å²) in [6, 6.07) is 2.02. The van der Waals surface area contributed by atoms with E-state index in [0.717, 1.165) is 70.8 Å². The Kier molecular flexibility index (Phi) is 5.15. The van der Waals surface area contributed by atoms with Gasteiger partial charge in [-0.2, -0.15) is 18.2 Å². The van der Waals surface area contributed by atoms with Gasteiger partial charge in [-0.15, -0.1) is 11.3 Å². The van der Waals surface area contributed by atoms with Gasteiger partial charge in [-0.1, -0.05) is 0 Å². The molecule has 0 aliphatic carbocycles. The Morgan fingerprint density at radius 1 is 1.06 bits per heavy atom. The molecule has 6 rings (SSSR count). The largest absolute Gasteiger partial charge is 0.471 e. The Hall–Kier alpha value is -2.18. The normalized spacial score (nSPS) is 25.8. The molecule has 8 nitrogen and oxygen atoms in total. The summed E-state index contributed by atoms with van der Waals surface area (Å²) < 4.78 is 45.3. The Bertz CT molecular complexity index is 1050. The number of carbonyl (C=O) groups excluding carboxylic acids is 1. The standard InChI is InChI=1S/C21H25F3N6O2S/c22-21(23,24)19(31)29-10-13-1-2-14(11-29)30(13)12-15-9-16-17(33-15)18(27-5-7-32-8-6-27)26-20(25-16)28-3-4-28/h9,13-14H,1-8,10-12H2. The van der Waals surface area contributed by atoms with Crippen LogP contribution in [0.2, 0.25) is 0 Å². The van der Waals surface area contributed by atoms with E-state index in [0.29, 0.717) is 19.8 Å². The van der Waals surface area contributed by atoms with Crippen molar-refractivity contribution in [2.75, 3.05) is 62.3 Å². The fourth-order valence-corrected chi connectivity index (χ4v) is 6.31. The smallest absolute Gasteiger partial charge is 0.378 e. The van der Waals surface area contributed by atoms with E-state index in [4.69, 9.17) is 14.7 Å². The Labute approximate surface area is 192 Å². The quantitative estimate of drug-likeness (QED) is 0.619. The molecule has 0 radical (unpaired) electrons. The molecule has 178 valence electrons. The van der Waals surface area contributed by atoms with E-state index in [9.17, 15) is 18.0 Å². The van der Waals surface area contributed by atoms with Crippen LogP contribution in [0.3, 0.4) is 0 Å². The molecule has 0 N–H and O–H groups in total. The second-order valence-corrected chi connectivity index (χ2v) is 10.3. The summed E-state index contributed by atoms with van der Waals surface area (Å²) in [6.45, 7) is 5.79. The summed E-state index contributed by atoms with van der Waals surface area (Å²) >= 11 is 1.67. The van der Waals surface area contributed by atoms with Crippen molar-refractivity contribution in [3.05, 3.63) is 10.9 Å². The number of halogens is 3. The van der Waals surface area contributed by atoms with Crippen LogP contribution < -0.4 is 9.80 Å². The summed E-state index contributed by atoms with van der Waals surface area (Å²) in [6.07, 6.45) is -3.18. The second-order valence-electron chi connectivity index (χ2n) is 9.13. The van der Waals surface area contributed by atoms with Crippen molar-refractivity contribution >= 4 is 39.2 Å². The molecule has 0 spiro atoms. The number of hydrogen-bond donors (Lipinski definition) is 0. The van der Waals surface area contributed by atoms with Crippen LogP contribution in [0, 0.1) is 0 Å². The summed E-state index contributed by atoms with van der Waals surface area (Å²) in [7, 11) is 0. The van der Waals surface area contributed by atoms with Gasteiger partial charge in [0.05, 0.1) is 23.4 Å². The van der Waals surface area contributed by atoms with Crippen molar-refractivity contribution < 1.29 is 22.7 Å². The number of thiophene rings is 1. The molecule has 0 aromatic carbocycles. The summed E-state index contributed by atoms with van der Waals surface area (Å²) in [5, 5.41) is 0. The predicted octanol–water partition coefficient (Wildman–Crippen LogP) is 2.09. The molecule has 1 amide bonds. The topological polar surface area (TPSA) is 64.8 Å². The lowest BCUT2D eigenvalue weighted by atomic mass is 10.1. The third-order valence-corrected chi connectivity index (χ3v) is 8.04. The first-order chi connectivity index (χ1) is 15.9. The third kappa shape index (κ3) is 4.01. The molecule has 2 aromatic heterocycles. The number of amides is 1. The molecule has 12 heteroatoms. The number of alkyl halides is 3. The van der Waals surface area contributed by atoms with E-state index >= 15 is 0 Å². The molecule has 4 aliphatic rings. The number of piperazine rings is 1. The number of morpholine rings is 1. The number of carbonyl (C=O) groups is 1. The first-order valence-corrected chi connectivity index (χ1v) is 12.2. The number of likely N-dealkylation sites (tertiary alicyclic amines) is 1. The molecule has 2 bridgehead atoms. The average molecular weight is 483 g/mol. The van der Waals surface area contributed by atoms with Gasteiger partial charge < -0.3 is 19.4 Å². The summed E-state index contributed by atoms with van der Waals surface area (Å²) in [5.41, 5.74) is 0.923. The SMILES string of the molecule is O=C(N1CC2CCC(C1)N2Cc1cc2nc(N3CC3)nc(N3CCOCC3)c2s1)C(F)(F)F. The van der Waals surface area contributed by atoms with Crippen LogP contribution in [-0.4, -0.2) is 96.4 Å². The van der Waals surface area contributed by atoms with E-state index in [1.54, 1.807) is 11.3 Å². The van der Waals surface area contributed by atoms with Gasteiger partial charge in [0.1, 0.15) is 0 Å². The zero-order chi connectivity index (χ0) is 22.7. The fraction of sp³-hybridized carbons (Fsp3) is 0.667. The number of ether oxygens (including phenoxy) is 1. The van der Waals surface area contributed by atoms with Crippen LogP contribution in [0.15, 0.2) is 6.07 Å². The van der Waals surface area contributed by atoms with Crippen LogP contribution in [0.25, 0.3) is 10.2 Å². The van der Waals surface area contributed by atoms with E-state index in [-0.39, 0.29) is 25.2 Å². The fourth-order valence-electron chi connectivity index (χ4n) is 5.18. The number of rotatable bonds is 4. The van der Waals surface area contributed by atoms with Crippen LogP contribution in [-0.2, 0) is 16.1 Å². The molecule has 4 fully saturated rings. The van der Waals surface area contributed by atoms with E-state index in [1.165, 1.54) is 0 Å². The van der Waals surface area contributed by atoms with Crippen molar-refractivity contribution in [1.82, 2.24) is 19.8 Å². The highest BCUT2D eigenvalue weighted by atomic mass is 32.1. The van der Waals surface area contributed by atoms with Crippen LogP contribution in [0.4, 0.5) is 24.9 Å². The van der Waals surface area contributed by atoms with Gasteiger partial charge in [0.2, 0.25) is 5.95 Å². The van der Waals surface area contributed by atoms with Crippen molar-refractivity contribution in [3.63, 3.8) is 0 Å². The van der Waals surface area contributed by atoms with Gasteiger partial charge in [-0.25, -0.2) is 4.98 Å². The second kappa shape index (κ2) is 7.95. The maximum absolute atomic E-state index is 12.9. The first kappa shape index (κ1) is 21.4. The van der Waals surface area contributed by atoms with Gasteiger partial charge >= 0.3 is 12.1 Å². The zero-order valence-electron chi connectivity index (χ0n) is 18.1. The maximum atomic E-state index is 12.9. The molecule has 2 atom stereocenters. The molecule has 2 unspecified atom stereocenters. The Morgan fingerprint density at radius 3 is 2.39 bits per heavy atom. The number of hydrogen-bond acceptors (Lipinski definition) is 8. The minimum absolute atomic E-state index is 0.0433. The predicted molar refractivity (Wildman–Crippen MR) is 118 cm³/mol. The van der Waals surface area contributed by atoms with E-state index < -0.39 is 12.1 Å². The zero-order valence-corrected chi connectivity index (χ0v) is 18.9. The van der Waals surface area contributed by atoms with Crippen molar-refractivity contribution in [1.29, 1.82) is 0 Å². The van der Waals surface area contributed by atoms with E-state index in [1.807, 2.05) is 0 Å². The molecule has 4 saturated heterocycles. The lowest BCUT2D eigenvalue weighted by Gasteiger charge is -2.41. The molecule has 4 aliphatic heterocycles. The lowest BCUT2D eigenvalue weighted by Crippen LogP contribution is -2.57. The number of anilines is 2. The van der Waals surface area contributed by atoms with Gasteiger partial charge in [-0.3, -0.25) is 9.69 Å². The molecule has 33 heavy (non-hydrogen) atoms. The highest BCUT2D eigenvalue weighted by Crippen LogP contribution is 2.38. The van der Waals surface area contributed by atoms with Gasteiger partial charge in [0.25, 0.3) is 0 Å². The Morgan fingerprint density at radius 2 is 1.76 bits per heavy atom. The van der Waals surface area contributed by atoms with Crippen LogP contribution in [0.5, 0.6) is 0 Å². The molecule has 6 heterocycles. The molecule has 2 aromatic rings. The first-order valence-electron chi connectivity index (χ1n) is 11.4. The van der Waals surface area contributed by atoms with Crippen molar-refractivity contribution in [2.45, 2.75) is 37.6 Å². The average Bonchev–Trinajstić information content (AvgIpc) is 3.53. The van der Waals surface area contributed by atoms with E-state index in [2.05, 4.69) is 20.8 Å². The van der Waals surface area contributed by atoms with Crippen LogP contribution >= 0.6 is 11.3 Å². The summed E-state index contributed by atoms with van der Waals surface area (Å²) in [4.78, 5) is 30.2. The highest BCUT2D eigenvalue weighted by Gasteiger charge is 2.48. The third-order valence-electron chi connectivity index (χ3n) is 6.94. The molecule has 0 saturated carbocycles. The minimum atomic E-state index is -4.81. The highest BCUT2D eigenvalue weighted by molar-refractivity contribution is 7.19. The minimum Gasteiger partial charge on any atom is -0.378 e. The summed E-state index contributed by atoms with van der Waals surface area (Å²) in [5.74, 6) is -0.00773. The van der Waals surface area contributed by atoms with Crippen molar-refractivity contribution in [2.24, 2.45) is 0 Å². The number of aromatic nitrogens is 2. The maximum Gasteiger partial charge on any atom is 0.471 e.